The molecule has 12 heteroatoms. The first-order valence-electron chi connectivity index (χ1n) is 9.93. The van der Waals surface area contributed by atoms with Crippen LogP contribution in [0.2, 0.25) is 18.1 Å². The van der Waals surface area contributed by atoms with Crippen LogP contribution in [0.1, 0.15) is 33.4 Å². The van der Waals surface area contributed by atoms with Crippen LogP contribution in [0.3, 0.4) is 0 Å². The minimum atomic E-state index is -2.64. The lowest BCUT2D eigenvalue weighted by Gasteiger charge is -2.39. The monoisotopic (exact) mass is 457 g/mol. The third-order valence-electron chi connectivity index (χ3n) is 5.69. The van der Waals surface area contributed by atoms with Gasteiger partial charge in [0.25, 0.3) is 5.56 Å². The van der Waals surface area contributed by atoms with Crippen LogP contribution in [-0.4, -0.2) is 60.0 Å². The second kappa shape index (κ2) is 7.87. The summed E-state index contributed by atoms with van der Waals surface area (Å²) in [7, 11) is -4.77. The molecule has 0 radical (unpaired) electrons. The first-order valence-corrected chi connectivity index (χ1v) is 15.4. The van der Waals surface area contributed by atoms with Gasteiger partial charge in [0.1, 0.15) is 0 Å². The number of hydrogen-bond donors (Lipinski definition) is 2. The minimum absolute atomic E-state index is 0.00547. The maximum absolute atomic E-state index is 12.2. The quantitative estimate of drug-likeness (QED) is 0.499. The molecule has 10 nitrogen and oxygen atoms in total. The van der Waals surface area contributed by atoms with Crippen LogP contribution in [0.5, 0.6) is 0 Å². The smallest absolute Gasteiger partial charge is 0.280 e. The summed E-state index contributed by atoms with van der Waals surface area (Å²) in [5.74, 6) is 0.00639. The molecule has 1 unspecified atom stereocenters. The third-order valence-corrected chi connectivity index (χ3v) is 11.0. The molecule has 3 heterocycles. The topological polar surface area (TPSA) is 134 Å². The Morgan fingerprint density at radius 2 is 2.07 bits per heavy atom. The first-order chi connectivity index (χ1) is 13.7. The molecule has 1 saturated heterocycles. The van der Waals surface area contributed by atoms with Crippen LogP contribution in [0.25, 0.3) is 11.2 Å². The Hall–Kier alpha value is -1.52. The number of nitrogens with two attached hydrogens (primary N) is 1. The number of imidazole rings is 1. The van der Waals surface area contributed by atoms with E-state index in [9.17, 15) is 9.36 Å². The van der Waals surface area contributed by atoms with Crippen LogP contribution in [-0.2, 0) is 18.3 Å². The van der Waals surface area contributed by atoms with E-state index in [1.54, 1.807) is 17.9 Å². The molecule has 2 aromatic rings. The predicted molar refractivity (Wildman–Crippen MR) is 119 cm³/mol. The standard InChI is InChI=1S/C18H32N5O5PSi/c1-18(2,3)30(6,7)28-12-8-11(9-26-29(4,5)25)27-16(12)23-10-20-13-14(23)21-17(19)22-15(13)24/h10-12,16H,8-9H2,1-7H3,(H3,19,21,22,24)/t11-,12?,16+/m0/s1. The van der Waals surface area contributed by atoms with Crippen LogP contribution >= 0.6 is 7.37 Å². The zero-order valence-corrected chi connectivity index (χ0v) is 20.5. The molecule has 2 aromatic heterocycles. The van der Waals surface area contributed by atoms with Gasteiger partial charge in [-0.05, 0) is 18.1 Å². The molecule has 1 aliphatic rings. The first kappa shape index (κ1) is 23.1. The van der Waals surface area contributed by atoms with E-state index in [4.69, 9.17) is 19.4 Å². The van der Waals surface area contributed by atoms with Gasteiger partial charge in [-0.3, -0.25) is 18.9 Å². The number of anilines is 1. The molecular weight excluding hydrogens is 425 g/mol. The molecule has 1 fully saturated rings. The number of rotatable bonds is 6. The zero-order valence-electron chi connectivity index (χ0n) is 18.6. The lowest BCUT2D eigenvalue weighted by molar-refractivity contribution is -0.0425. The van der Waals surface area contributed by atoms with Crippen molar-refractivity contribution in [1.29, 1.82) is 0 Å². The number of nitrogens with one attached hydrogen (secondary N) is 1. The zero-order chi connectivity index (χ0) is 22.5. The van der Waals surface area contributed by atoms with E-state index in [-0.39, 0.29) is 35.3 Å². The number of nitrogen functional groups attached to an aromatic ring is 1. The Morgan fingerprint density at radius 1 is 1.40 bits per heavy atom. The molecule has 30 heavy (non-hydrogen) atoms. The maximum Gasteiger partial charge on any atom is 0.280 e. The number of H-pyrrole nitrogens is 1. The highest BCUT2D eigenvalue weighted by molar-refractivity contribution is 7.57. The molecular formula is C18H32N5O5PSi. The average molecular weight is 458 g/mol. The summed E-state index contributed by atoms with van der Waals surface area (Å²) < 4.78 is 32.1. The lowest BCUT2D eigenvalue weighted by Crippen LogP contribution is -2.45. The summed E-state index contributed by atoms with van der Waals surface area (Å²) in [6.07, 6.45) is 0.920. The van der Waals surface area contributed by atoms with Crippen LogP contribution in [0.15, 0.2) is 11.1 Å². The molecule has 0 spiro atoms. The Balaban J connectivity index is 1.96. The van der Waals surface area contributed by atoms with Crippen LogP contribution in [0, 0.1) is 0 Å². The number of aromatic nitrogens is 4. The third kappa shape index (κ3) is 4.86. The Bertz CT molecular complexity index is 1020. The Kier molecular flexibility index (Phi) is 6.07. The van der Waals surface area contributed by atoms with Crippen molar-refractivity contribution >= 4 is 32.8 Å². The molecule has 0 amide bonds. The molecule has 0 bridgehead atoms. The van der Waals surface area contributed by atoms with Gasteiger partial charge < -0.3 is 19.4 Å². The van der Waals surface area contributed by atoms with Gasteiger partial charge in [0.2, 0.25) is 5.95 Å². The molecule has 1 aliphatic heterocycles. The highest BCUT2D eigenvalue weighted by Crippen LogP contribution is 2.43. The van der Waals surface area contributed by atoms with Crippen molar-refractivity contribution < 1.29 is 18.3 Å². The Morgan fingerprint density at radius 3 is 2.67 bits per heavy atom. The summed E-state index contributed by atoms with van der Waals surface area (Å²) in [5.41, 5.74) is 5.86. The van der Waals surface area contributed by atoms with Crippen molar-refractivity contribution in [3.63, 3.8) is 0 Å². The normalized spacial score (nSPS) is 23.4. The van der Waals surface area contributed by atoms with E-state index in [1.807, 2.05) is 0 Å². The number of aromatic amines is 1. The summed E-state index contributed by atoms with van der Waals surface area (Å²) in [4.78, 5) is 23.1. The molecule has 168 valence electrons. The van der Waals surface area contributed by atoms with Crippen molar-refractivity contribution in [1.82, 2.24) is 19.5 Å². The van der Waals surface area contributed by atoms with Gasteiger partial charge in [0.15, 0.2) is 33.1 Å². The molecule has 0 saturated carbocycles. The summed E-state index contributed by atoms with van der Waals surface area (Å²) in [6, 6.07) is 0. The van der Waals surface area contributed by atoms with Gasteiger partial charge in [-0.2, -0.15) is 4.98 Å². The van der Waals surface area contributed by atoms with Gasteiger partial charge in [-0.15, -0.1) is 0 Å². The van der Waals surface area contributed by atoms with Crippen molar-refractivity contribution in [2.24, 2.45) is 0 Å². The highest BCUT2D eigenvalue weighted by Gasteiger charge is 2.46. The summed E-state index contributed by atoms with van der Waals surface area (Å²) >= 11 is 0. The lowest BCUT2D eigenvalue weighted by atomic mass is 10.2. The number of nitrogens with zero attached hydrogens (tertiary/aromatic N) is 3. The van der Waals surface area contributed by atoms with E-state index in [0.29, 0.717) is 12.1 Å². The van der Waals surface area contributed by atoms with E-state index < -0.39 is 27.5 Å². The average Bonchev–Trinajstić information content (AvgIpc) is 3.14. The summed E-state index contributed by atoms with van der Waals surface area (Å²) in [6.45, 7) is 14.2. The van der Waals surface area contributed by atoms with Gasteiger partial charge in [-0.25, -0.2) is 4.98 Å². The van der Waals surface area contributed by atoms with Crippen molar-refractivity contribution in [3.05, 3.63) is 16.7 Å². The summed E-state index contributed by atoms with van der Waals surface area (Å²) in [5, 5.41) is 0.00547. The number of fused-ring (bicyclic) bond motifs is 1. The largest absolute Gasteiger partial charge is 0.409 e. The second-order valence-corrected chi connectivity index (χ2v) is 17.1. The van der Waals surface area contributed by atoms with Crippen LogP contribution in [0.4, 0.5) is 5.95 Å². The van der Waals surface area contributed by atoms with Crippen molar-refractivity contribution in [2.75, 3.05) is 25.7 Å². The van der Waals surface area contributed by atoms with E-state index in [2.05, 4.69) is 48.8 Å². The predicted octanol–water partition coefficient (Wildman–Crippen LogP) is 2.93. The second-order valence-electron chi connectivity index (χ2n) is 9.62. The fourth-order valence-corrected chi connectivity index (χ4v) is 4.97. The fraction of sp³-hybridized carbons (Fsp3) is 0.722. The van der Waals surface area contributed by atoms with Gasteiger partial charge in [-0.1, -0.05) is 20.8 Å². The van der Waals surface area contributed by atoms with Crippen molar-refractivity contribution in [2.45, 2.75) is 63.8 Å². The molecule has 3 N–H and O–H groups in total. The SMILES string of the molecule is CC(C)(C)[Si](C)(C)OC1C[C@@H](COP(C)(C)=O)O[C@H]1n1cnc2c(=O)[nH]c(N)nc21. The van der Waals surface area contributed by atoms with Gasteiger partial charge >= 0.3 is 0 Å². The molecule has 0 aliphatic carbocycles. The minimum Gasteiger partial charge on any atom is -0.409 e. The fourth-order valence-electron chi connectivity index (χ4n) is 3.12. The van der Waals surface area contributed by atoms with E-state index >= 15 is 0 Å². The van der Waals surface area contributed by atoms with E-state index in [1.165, 1.54) is 6.33 Å². The highest BCUT2D eigenvalue weighted by atomic mass is 31.2. The number of ether oxygens (including phenoxy) is 1. The maximum atomic E-state index is 12.2. The molecule has 0 aromatic carbocycles. The van der Waals surface area contributed by atoms with Gasteiger partial charge in [0, 0.05) is 19.8 Å². The van der Waals surface area contributed by atoms with Crippen molar-refractivity contribution in [3.8, 4) is 0 Å². The van der Waals surface area contributed by atoms with Crippen LogP contribution < -0.4 is 11.3 Å². The molecule has 3 atom stereocenters. The number of hydrogen-bond acceptors (Lipinski definition) is 8. The Labute approximate surface area is 177 Å². The van der Waals surface area contributed by atoms with Gasteiger partial charge in [0.05, 0.1) is 25.1 Å². The van der Waals surface area contributed by atoms with E-state index in [0.717, 1.165) is 0 Å². The molecule has 3 rings (SSSR count).